The monoisotopic (exact) mass is 286 g/mol. The molecule has 0 heterocycles. The highest BCUT2D eigenvalue weighted by molar-refractivity contribution is 5.96. The minimum atomic E-state index is -0.118. The fourth-order valence-corrected chi connectivity index (χ4v) is 1.43. The van der Waals surface area contributed by atoms with Gasteiger partial charge in [-0.25, -0.2) is 0 Å². The van der Waals surface area contributed by atoms with Crippen molar-refractivity contribution in [2.45, 2.75) is 66.2 Å². The molecular weight excluding hydrogens is 252 g/mol. The Labute approximate surface area is 125 Å². The third-order valence-electron chi connectivity index (χ3n) is 3.31. The lowest BCUT2D eigenvalue weighted by molar-refractivity contribution is -0.139. The summed E-state index contributed by atoms with van der Waals surface area (Å²) in [6.45, 7) is 9.53. The van der Waals surface area contributed by atoms with Gasteiger partial charge in [-0.2, -0.15) is 0 Å². The van der Waals surface area contributed by atoms with E-state index in [0.717, 1.165) is 0 Å². The van der Waals surface area contributed by atoms with E-state index in [1.807, 2.05) is 13.8 Å². The van der Waals surface area contributed by atoms with E-state index in [2.05, 4.69) is 13.8 Å². The van der Waals surface area contributed by atoms with Gasteiger partial charge in [-0.1, -0.05) is 46.0 Å². The Hall–Kier alpha value is -1.06. The zero-order valence-electron chi connectivity index (χ0n) is 14.4. The molecule has 0 saturated carbocycles. The Morgan fingerprint density at radius 2 is 1.05 bits per heavy atom. The van der Waals surface area contributed by atoms with Crippen LogP contribution in [0.15, 0.2) is 0 Å². The largest absolute Gasteiger partial charge is 0.346 e. The first kappa shape index (κ1) is 21.2. The van der Waals surface area contributed by atoms with Gasteiger partial charge in [0.2, 0.25) is 11.8 Å². The lowest BCUT2D eigenvalue weighted by Gasteiger charge is -2.17. The van der Waals surface area contributed by atoms with Crippen LogP contribution in [-0.4, -0.2) is 48.8 Å². The fourth-order valence-electron chi connectivity index (χ4n) is 1.43. The van der Waals surface area contributed by atoms with Crippen LogP contribution >= 0.6 is 0 Å². The molecular formula is C16H34N2O2. The van der Waals surface area contributed by atoms with Gasteiger partial charge in [0.15, 0.2) is 0 Å². The molecule has 0 unspecified atom stereocenters. The first-order valence-corrected chi connectivity index (χ1v) is 7.92. The second-order valence-corrected chi connectivity index (χ2v) is 5.05. The molecule has 20 heavy (non-hydrogen) atoms. The highest BCUT2D eigenvalue weighted by Gasteiger charge is 2.14. The third-order valence-corrected chi connectivity index (χ3v) is 3.31. The summed E-state index contributed by atoms with van der Waals surface area (Å²) in [7, 11) is 3.39. The Kier molecular flexibility index (Phi) is 15.2. The molecule has 4 heteroatoms. The number of rotatable bonds is 8. The lowest BCUT2D eigenvalue weighted by atomic mass is 10.2. The average Bonchev–Trinajstić information content (AvgIpc) is 2.46. The summed E-state index contributed by atoms with van der Waals surface area (Å²) in [5.41, 5.74) is 0. The molecule has 0 aliphatic carbocycles. The zero-order chi connectivity index (χ0) is 16.0. The highest BCUT2D eigenvalue weighted by atomic mass is 16.2. The van der Waals surface area contributed by atoms with Crippen molar-refractivity contribution in [3.63, 3.8) is 0 Å². The molecule has 0 fully saturated rings. The molecule has 0 spiro atoms. The molecule has 0 radical (unpaired) electrons. The van der Waals surface area contributed by atoms with E-state index in [1.54, 1.807) is 23.9 Å². The van der Waals surface area contributed by atoms with E-state index in [9.17, 15) is 9.59 Å². The van der Waals surface area contributed by atoms with Gasteiger partial charge in [-0.05, 0) is 13.8 Å². The van der Waals surface area contributed by atoms with Gasteiger partial charge in [0.25, 0.3) is 0 Å². The SMILES string of the molecule is CCCCCCC.CCN(C)C(=O)CC(=O)N(C)CC. The van der Waals surface area contributed by atoms with Crippen LogP contribution in [0, 0.1) is 0 Å². The quantitative estimate of drug-likeness (QED) is 0.507. The standard InChI is InChI=1S/C9H18N2O2.C7H16/c1-5-10(3)8(12)7-9(13)11(4)6-2;1-3-5-7-6-4-2/h5-7H2,1-4H3;3-7H2,1-2H3. The molecule has 4 nitrogen and oxygen atoms in total. The Morgan fingerprint density at radius 1 is 0.700 bits per heavy atom. The number of nitrogens with zero attached hydrogens (tertiary/aromatic N) is 2. The minimum Gasteiger partial charge on any atom is -0.346 e. The summed E-state index contributed by atoms with van der Waals surface area (Å²) in [6.07, 6.45) is 6.99. The van der Waals surface area contributed by atoms with E-state index in [4.69, 9.17) is 0 Å². The molecule has 0 aliphatic heterocycles. The third kappa shape index (κ3) is 12.0. The van der Waals surface area contributed by atoms with E-state index < -0.39 is 0 Å². The van der Waals surface area contributed by atoms with Crippen LogP contribution in [0.5, 0.6) is 0 Å². The van der Waals surface area contributed by atoms with Crippen LogP contribution in [-0.2, 0) is 9.59 Å². The molecule has 2 amide bonds. The number of unbranched alkanes of at least 4 members (excludes halogenated alkanes) is 4. The summed E-state index contributed by atoms with van der Waals surface area (Å²) in [4.78, 5) is 25.7. The van der Waals surface area contributed by atoms with Crippen LogP contribution in [0.1, 0.15) is 66.2 Å². The van der Waals surface area contributed by atoms with E-state index in [1.165, 1.54) is 32.1 Å². The lowest BCUT2D eigenvalue weighted by Crippen LogP contribution is -2.34. The first-order chi connectivity index (χ1) is 9.44. The molecule has 0 atom stereocenters. The molecule has 0 N–H and O–H groups in total. The van der Waals surface area contributed by atoms with Crippen LogP contribution in [0.3, 0.4) is 0 Å². The van der Waals surface area contributed by atoms with Gasteiger partial charge in [0.05, 0.1) is 0 Å². The number of hydrogen-bond acceptors (Lipinski definition) is 2. The maximum absolute atomic E-state index is 11.3. The molecule has 0 aromatic heterocycles. The maximum atomic E-state index is 11.3. The number of amides is 2. The predicted molar refractivity (Wildman–Crippen MR) is 85.7 cm³/mol. The van der Waals surface area contributed by atoms with Crippen molar-refractivity contribution in [2.24, 2.45) is 0 Å². The fraction of sp³-hybridized carbons (Fsp3) is 0.875. The van der Waals surface area contributed by atoms with Crippen LogP contribution in [0.2, 0.25) is 0 Å². The Morgan fingerprint density at radius 3 is 1.30 bits per heavy atom. The van der Waals surface area contributed by atoms with Gasteiger partial charge in [0.1, 0.15) is 6.42 Å². The van der Waals surface area contributed by atoms with E-state index >= 15 is 0 Å². The molecule has 0 saturated heterocycles. The van der Waals surface area contributed by atoms with Crippen LogP contribution in [0.25, 0.3) is 0 Å². The summed E-state index contributed by atoms with van der Waals surface area (Å²) < 4.78 is 0. The molecule has 120 valence electrons. The maximum Gasteiger partial charge on any atom is 0.231 e. The van der Waals surface area contributed by atoms with Crippen LogP contribution < -0.4 is 0 Å². The van der Waals surface area contributed by atoms with E-state index in [-0.39, 0.29) is 18.2 Å². The van der Waals surface area contributed by atoms with Gasteiger partial charge in [-0.3, -0.25) is 9.59 Å². The zero-order valence-corrected chi connectivity index (χ0v) is 14.4. The molecule has 0 aliphatic rings. The summed E-state index contributed by atoms with van der Waals surface area (Å²) in [5.74, 6) is -0.236. The average molecular weight is 286 g/mol. The van der Waals surface area contributed by atoms with Crippen molar-refractivity contribution >= 4 is 11.8 Å². The van der Waals surface area contributed by atoms with Crippen molar-refractivity contribution < 1.29 is 9.59 Å². The van der Waals surface area contributed by atoms with E-state index in [0.29, 0.717) is 13.1 Å². The molecule has 0 aromatic carbocycles. The summed E-state index contributed by atoms with van der Waals surface area (Å²) in [6, 6.07) is 0. The normalized spacial score (nSPS) is 9.50. The second kappa shape index (κ2) is 14.4. The van der Waals surface area contributed by atoms with Crippen molar-refractivity contribution in [1.82, 2.24) is 9.80 Å². The second-order valence-electron chi connectivity index (χ2n) is 5.05. The van der Waals surface area contributed by atoms with Gasteiger partial charge in [-0.15, -0.1) is 0 Å². The van der Waals surface area contributed by atoms with Crippen molar-refractivity contribution in [3.05, 3.63) is 0 Å². The van der Waals surface area contributed by atoms with Gasteiger partial charge in [0, 0.05) is 27.2 Å². The van der Waals surface area contributed by atoms with Gasteiger partial charge >= 0.3 is 0 Å². The van der Waals surface area contributed by atoms with Crippen molar-refractivity contribution in [1.29, 1.82) is 0 Å². The summed E-state index contributed by atoms with van der Waals surface area (Å²) in [5, 5.41) is 0. The molecule has 0 rings (SSSR count). The minimum absolute atomic E-state index is 0.0192. The first-order valence-electron chi connectivity index (χ1n) is 7.92. The molecule has 0 bridgehead atoms. The number of carbonyl (C=O) groups is 2. The van der Waals surface area contributed by atoms with Crippen LogP contribution in [0.4, 0.5) is 0 Å². The predicted octanol–water partition coefficient (Wildman–Crippen LogP) is 3.31. The van der Waals surface area contributed by atoms with Crippen molar-refractivity contribution in [3.8, 4) is 0 Å². The Bertz CT molecular complexity index is 231. The number of carbonyl (C=O) groups excluding carboxylic acids is 2. The number of hydrogen-bond donors (Lipinski definition) is 0. The highest BCUT2D eigenvalue weighted by Crippen LogP contribution is 2.00. The smallest absolute Gasteiger partial charge is 0.231 e. The summed E-state index contributed by atoms with van der Waals surface area (Å²) >= 11 is 0. The molecule has 0 aromatic rings. The Balaban J connectivity index is 0. The van der Waals surface area contributed by atoms with Crippen molar-refractivity contribution in [2.75, 3.05) is 27.2 Å². The van der Waals surface area contributed by atoms with Gasteiger partial charge < -0.3 is 9.80 Å². The topological polar surface area (TPSA) is 40.6 Å².